The van der Waals surface area contributed by atoms with E-state index in [4.69, 9.17) is 44.3 Å². The minimum Gasteiger partial charge on any atom is -0.460 e. The molecule has 26 heavy (non-hydrogen) atoms. The zero-order valence-electron chi connectivity index (χ0n) is 14.8. The summed E-state index contributed by atoms with van der Waals surface area (Å²) in [6.45, 7) is 8.72. The molecular formula is C16H22Cl3NO6. The number of esters is 2. The topological polar surface area (TPSA) is 82.1 Å². The fourth-order valence-electron chi connectivity index (χ4n) is 2.46. The highest BCUT2D eigenvalue weighted by molar-refractivity contribution is 6.66. The summed E-state index contributed by atoms with van der Waals surface area (Å²) in [5.41, 5.74) is -0.737. The van der Waals surface area contributed by atoms with Crippen LogP contribution in [0, 0.1) is 5.92 Å². The standard InChI is InChI=1S/C16H22Cl3NO6/c1-5-6-24-13(22)11-7-10(8-12(21)25-16(17,18)19)9-20(11)14(23)26-15(2,3)4/h5,10-11H,1,6-9H2,2-4H3/t10-,11-/m0/s1. The van der Waals surface area contributed by atoms with Gasteiger partial charge in [0.05, 0.1) is 6.42 Å². The molecule has 1 aliphatic heterocycles. The average Bonchev–Trinajstić information content (AvgIpc) is 2.84. The Kier molecular flexibility index (Phi) is 8.04. The number of ether oxygens (including phenoxy) is 3. The van der Waals surface area contributed by atoms with Crippen molar-refractivity contribution in [3.05, 3.63) is 12.7 Å². The van der Waals surface area contributed by atoms with E-state index in [0.717, 1.165) is 0 Å². The van der Waals surface area contributed by atoms with Gasteiger partial charge in [0.15, 0.2) is 0 Å². The first kappa shape index (κ1) is 22.9. The molecule has 0 bridgehead atoms. The summed E-state index contributed by atoms with van der Waals surface area (Å²) < 4.78 is 12.8. The molecule has 148 valence electrons. The molecule has 0 N–H and O–H groups in total. The molecule has 10 heteroatoms. The molecule has 0 radical (unpaired) electrons. The fraction of sp³-hybridized carbons (Fsp3) is 0.688. The van der Waals surface area contributed by atoms with Crippen molar-refractivity contribution in [1.82, 2.24) is 4.90 Å². The number of rotatable bonds is 5. The molecular weight excluding hydrogens is 409 g/mol. The van der Waals surface area contributed by atoms with E-state index in [2.05, 4.69) is 11.3 Å². The maximum absolute atomic E-state index is 12.4. The molecule has 1 amide bonds. The molecule has 0 unspecified atom stereocenters. The van der Waals surface area contributed by atoms with Gasteiger partial charge in [0.1, 0.15) is 18.2 Å². The third-order valence-electron chi connectivity index (χ3n) is 3.32. The summed E-state index contributed by atoms with van der Waals surface area (Å²) in [7, 11) is 0. The van der Waals surface area contributed by atoms with Crippen molar-refractivity contribution in [2.24, 2.45) is 5.92 Å². The normalized spacial score (nSPS) is 20.5. The number of carbonyl (C=O) groups excluding carboxylic acids is 3. The summed E-state index contributed by atoms with van der Waals surface area (Å²) in [6, 6.07) is -0.879. The Morgan fingerprint density at radius 1 is 1.19 bits per heavy atom. The second-order valence-corrected chi connectivity index (χ2v) is 8.97. The molecule has 1 heterocycles. The van der Waals surface area contributed by atoms with Gasteiger partial charge in [0.2, 0.25) is 0 Å². The Bertz CT molecular complexity index is 555. The van der Waals surface area contributed by atoms with Crippen molar-refractivity contribution in [2.75, 3.05) is 13.2 Å². The van der Waals surface area contributed by atoms with E-state index >= 15 is 0 Å². The van der Waals surface area contributed by atoms with Crippen LogP contribution >= 0.6 is 34.8 Å². The Morgan fingerprint density at radius 3 is 2.31 bits per heavy atom. The lowest BCUT2D eigenvalue weighted by atomic mass is 10.0. The SMILES string of the molecule is C=CCOC(=O)[C@@H]1C[C@@H](CC(=O)OC(Cl)(Cl)Cl)CN1C(=O)OC(C)(C)C. The van der Waals surface area contributed by atoms with E-state index in [1.54, 1.807) is 20.8 Å². The lowest BCUT2D eigenvalue weighted by molar-refractivity contribution is -0.148. The number of nitrogens with zero attached hydrogens (tertiary/aromatic N) is 1. The van der Waals surface area contributed by atoms with Crippen LogP contribution in [0.15, 0.2) is 12.7 Å². The Hall–Kier alpha value is -1.18. The smallest absolute Gasteiger partial charge is 0.411 e. The molecule has 1 saturated heterocycles. The van der Waals surface area contributed by atoms with Crippen molar-refractivity contribution >= 4 is 52.8 Å². The van der Waals surface area contributed by atoms with Crippen LogP contribution in [0.1, 0.15) is 33.6 Å². The summed E-state index contributed by atoms with van der Waals surface area (Å²) in [6.07, 6.45) is 0.818. The summed E-state index contributed by atoms with van der Waals surface area (Å²) in [5.74, 6) is -1.73. The monoisotopic (exact) mass is 429 g/mol. The van der Waals surface area contributed by atoms with Gasteiger partial charge < -0.3 is 14.2 Å². The third-order valence-corrected chi connectivity index (χ3v) is 3.55. The number of halogens is 3. The zero-order chi connectivity index (χ0) is 20.1. The Balaban J connectivity index is 2.83. The Labute approximate surface area is 167 Å². The highest BCUT2D eigenvalue weighted by atomic mass is 35.6. The first-order chi connectivity index (χ1) is 11.8. The van der Waals surface area contributed by atoms with Crippen LogP contribution < -0.4 is 0 Å². The number of likely N-dealkylation sites (tertiary alicyclic amines) is 1. The minimum atomic E-state index is -2.16. The van der Waals surface area contributed by atoms with Gasteiger partial charge in [-0.2, -0.15) is 0 Å². The zero-order valence-corrected chi connectivity index (χ0v) is 17.1. The molecule has 7 nitrogen and oxygen atoms in total. The van der Waals surface area contributed by atoms with Gasteiger partial charge in [-0.15, -0.1) is 0 Å². The van der Waals surface area contributed by atoms with E-state index in [-0.39, 0.29) is 31.9 Å². The first-order valence-electron chi connectivity index (χ1n) is 7.88. The van der Waals surface area contributed by atoms with Crippen molar-refractivity contribution < 1.29 is 28.6 Å². The molecule has 1 aliphatic rings. The number of carbonyl (C=O) groups is 3. The average molecular weight is 431 g/mol. The number of hydrogen-bond donors (Lipinski definition) is 0. The van der Waals surface area contributed by atoms with Gasteiger partial charge in [0.25, 0.3) is 0 Å². The van der Waals surface area contributed by atoms with Crippen LogP contribution in [0.3, 0.4) is 0 Å². The second-order valence-electron chi connectivity index (χ2n) is 6.79. The molecule has 0 aromatic rings. The van der Waals surface area contributed by atoms with Gasteiger partial charge in [-0.25, -0.2) is 9.59 Å². The van der Waals surface area contributed by atoms with E-state index in [1.807, 2.05) is 0 Å². The summed E-state index contributed by atoms with van der Waals surface area (Å²) >= 11 is 16.3. The molecule has 1 fully saturated rings. The third kappa shape index (κ3) is 8.01. The minimum absolute atomic E-state index is 0.0114. The van der Waals surface area contributed by atoms with Crippen LogP contribution in [0.2, 0.25) is 0 Å². The first-order valence-corrected chi connectivity index (χ1v) is 9.01. The van der Waals surface area contributed by atoms with Gasteiger partial charge in [-0.1, -0.05) is 12.7 Å². The van der Waals surface area contributed by atoms with Crippen LogP contribution in [0.4, 0.5) is 4.79 Å². The fourth-order valence-corrected chi connectivity index (χ4v) is 2.72. The van der Waals surface area contributed by atoms with Crippen LogP contribution in [-0.4, -0.2) is 51.7 Å². The molecule has 0 spiro atoms. The van der Waals surface area contributed by atoms with Crippen LogP contribution in [0.5, 0.6) is 0 Å². The van der Waals surface area contributed by atoms with E-state index < -0.39 is 33.7 Å². The summed E-state index contributed by atoms with van der Waals surface area (Å²) in [4.78, 5) is 37.7. The largest absolute Gasteiger partial charge is 0.460 e. The van der Waals surface area contributed by atoms with E-state index in [0.29, 0.717) is 0 Å². The molecule has 0 aromatic heterocycles. The molecule has 0 saturated carbocycles. The van der Waals surface area contributed by atoms with Crippen molar-refractivity contribution in [2.45, 2.75) is 49.2 Å². The quantitative estimate of drug-likeness (QED) is 0.287. The predicted octanol–water partition coefficient (Wildman–Crippen LogP) is 3.60. The molecule has 0 aromatic carbocycles. The Morgan fingerprint density at radius 2 is 1.81 bits per heavy atom. The van der Waals surface area contributed by atoms with E-state index in [1.165, 1.54) is 11.0 Å². The van der Waals surface area contributed by atoms with Crippen LogP contribution in [0.25, 0.3) is 0 Å². The van der Waals surface area contributed by atoms with Gasteiger partial charge >= 0.3 is 22.0 Å². The number of amides is 1. The van der Waals surface area contributed by atoms with Crippen molar-refractivity contribution in [3.8, 4) is 0 Å². The van der Waals surface area contributed by atoms with Gasteiger partial charge in [-0.05, 0) is 67.9 Å². The molecule has 1 rings (SSSR count). The van der Waals surface area contributed by atoms with Crippen molar-refractivity contribution in [3.63, 3.8) is 0 Å². The highest BCUT2D eigenvalue weighted by Gasteiger charge is 2.43. The lowest BCUT2D eigenvalue weighted by Gasteiger charge is -2.27. The van der Waals surface area contributed by atoms with Crippen LogP contribution in [-0.2, 0) is 23.8 Å². The molecule has 2 atom stereocenters. The summed E-state index contributed by atoms with van der Waals surface area (Å²) in [5, 5.41) is 0. The maximum atomic E-state index is 12.4. The number of alkyl halides is 3. The second kappa shape index (κ2) is 9.15. The van der Waals surface area contributed by atoms with Gasteiger partial charge in [0, 0.05) is 6.54 Å². The predicted molar refractivity (Wildman–Crippen MR) is 97.0 cm³/mol. The maximum Gasteiger partial charge on any atom is 0.411 e. The number of hydrogen-bond acceptors (Lipinski definition) is 6. The lowest BCUT2D eigenvalue weighted by Crippen LogP contribution is -2.44. The van der Waals surface area contributed by atoms with Gasteiger partial charge in [-0.3, -0.25) is 9.69 Å². The van der Waals surface area contributed by atoms with E-state index in [9.17, 15) is 14.4 Å². The molecule has 0 aliphatic carbocycles. The van der Waals surface area contributed by atoms with Crippen molar-refractivity contribution in [1.29, 1.82) is 0 Å². The highest BCUT2D eigenvalue weighted by Crippen LogP contribution is 2.32.